The number of benzene rings is 2. The molecule has 0 unspecified atom stereocenters. The second-order valence-electron chi connectivity index (χ2n) is 5.89. The smallest absolute Gasteiger partial charge is 0.320 e. The molecule has 29 heavy (non-hydrogen) atoms. The number of amides is 2. The maximum atomic E-state index is 13.9. The second-order valence-corrected chi connectivity index (χ2v) is 5.89. The minimum Gasteiger partial charge on any atom is -0.497 e. The first-order valence-electron chi connectivity index (χ1n) is 8.61. The van der Waals surface area contributed by atoms with E-state index in [-0.39, 0.29) is 25.0 Å². The number of urea groups is 1. The minimum atomic E-state index is -0.834. The van der Waals surface area contributed by atoms with Crippen LogP contribution in [0.5, 0.6) is 11.8 Å². The van der Waals surface area contributed by atoms with E-state index in [0.717, 1.165) is 11.8 Å². The summed E-state index contributed by atoms with van der Waals surface area (Å²) in [6, 6.07) is 12.3. The lowest BCUT2D eigenvalue weighted by molar-refractivity contribution is 0.251. The maximum absolute atomic E-state index is 13.9. The summed E-state index contributed by atoms with van der Waals surface area (Å²) in [7, 11) is 1.55. The predicted octanol–water partition coefficient (Wildman–Crippen LogP) is 3.66. The molecule has 2 amide bonds. The summed E-state index contributed by atoms with van der Waals surface area (Å²) in [5, 5.41) is 4.69. The van der Waals surface area contributed by atoms with Crippen LogP contribution in [-0.4, -0.2) is 23.1 Å². The van der Waals surface area contributed by atoms with Crippen molar-refractivity contribution >= 4 is 11.8 Å². The molecule has 1 aromatic heterocycles. The number of nitrogens with one attached hydrogen (secondary N) is 2. The number of hydrogen-bond donors (Lipinski definition) is 2. The largest absolute Gasteiger partial charge is 0.497 e. The average molecular weight is 400 g/mol. The number of anilines is 1. The van der Waals surface area contributed by atoms with Crippen molar-refractivity contribution in [1.29, 1.82) is 0 Å². The van der Waals surface area contributed by atoms with Gasteiger partial charge in [-0.05, 0) is 23.8 Å². The van der Waals surface area contributed by atoms with E-state index in [1.54, 1.807) is 37.4 Å². The van der Waals surface area contributed by atoms with Crippen LogP contribution < -0.4 is 20.1 Å². The molecule has 1 heterocycles. The lowest BCUT2D eigenvalue weighted by Gasteiger charge is -2.10. The average Bonchev–Trinajstić information content (AvgIpc) is 2.74. The fourth-order valence-corrected chi connectivity index (χ4v) is 2.39. The van der Waals surface area contributed by atoms with Gasteiger partial charge in [-0.15, -0.1) is 0 Å². The monoisotopic (exact) mass is 400 g/mol. The van der Waals surface area contributed by atoms with E-state index in [0.29, 0.717) is 11.3 Å². The van der Waals surface area contributed by atoms with Crippen molar-refractivity contribution in [2.45, 2.75) is 13.2 Å². The molecule has 2 aromatic carbocycles. The van der Waals surface area contributed by atoms with Crippen molar-refractivity contribution < 1.29 is 23.0 Å². The molecule has 7 nitrogen and oxygen atoms in total. The quantitative estimate of drug-likeness (QED) is 0.632. The highest BCUT2D eigenvalue weighted by Gasteiger charge is 2.12. The lowest BCUT2D eigenvalue weighted by Crippen LogP contribution is -2.29. The molecule has 9 heteroatoms. The number of hydrogen-bond acceptors (Lipinski definition) is 5. The number of methoxy groups -OCH3 is 1. The maximum Gasteiger partial charge on any atom is 0.320 e. The van der Waals surface area contributed by atoms with E-state index < -0.39 is 17.7 Å². The Balaban J connectivity index is 1.59. The molecule has 3 rings (SSSR count). The SMILES string of the molecule is COc1cccc(COc2ncc(F)c(NC(=O)NCc3ccccc3F)n2)c1. The van der Waals surface area contributed by atoms with Crippen LogP contribution in [0.3, 0.4) is 0 Å². The molecule has 0 bridgehead atoms. The normalized spacial score (nSPS) is 10.3. The molecule has 0 spiro atoms. The molecule has 0 aliphatic heterocycles. The van der Waals surface area contributed by atoms with Gasteiger partial charge in [0, 0.05) is 12.1 Å². The van der Waals surface area contributed by atoms with Crippen molar-refractivity contribution in [3.05, 3.63) is 77.5 Å². The van der Waals surface area contributed by atoms with E-state index in [9.17, 15) is 13.6 Å². The van der Waals surface area contributed by atoms with Crippen LogP contribution in [-0.2, 0) is 13.2 Å². The third-order valence-electron chi connectivity index (χ3n) is 3.85. The number of ether oxygens (including phenoxy) is 2. The molecule has 150 valence electrons. The standard InChI is InChI=1S/C20H18F2N4O3/c1-28-15-7-4-5-13(9-15)12-29-20-24-11-17(22)18(26-20)25-19(27)23-10-14-6-2-3-8-16(14)21/h2-9,11H,10,12H2,1H3,(H2,23,24,25,26,27). The molecule has 0 fully saturated rings. The fourth-order valence-electron chi connectivity index (χ4n) is 2.39. The van der Waals surface area contributed by atoms with Crippen LogP contribution in [0.15, 0.2) is 54.7 Å². The van der Waals surface area contributed by atoms with Crippen LogP contribution in [0.25, 0.3) is 0 Å². The summed E-state index contributed by atoms with van der Waals surface area (Å²) in [6.07, 6.45) is 0.889. The van der Waals surface area contributed by atoms with E-state index in [1.165, 1.54) is 12.1 Å². The second kappa shape index (κ2) is 9.45. The highest BCUT2D eigenvalue weighted by atomic mass is 19.1. The van der Waals surface area contributed by atoms with E-state index >= 15 is 0 Å². The molecule has 0 aliphatic carbocycles. The van der Waals surface area contributed by atoms with Crippen molar-refractivity contribution in [1.82, 2.24) is 15.3 Å². The Bertz CT molecular complexity index is 1000. The van der Waals surface area contributed by atoms with Gasteiger partial charge in [-0.3, -0.25) is 5.32 Å². The molecule has 0 saturated heterocycles. The van der Waals surface area contributed by atoms with Crippen LogP contribution in [0.2, 0.25) is 0 Å². The van der Waals surface area contributed by atoms with Gasteiger partial charge in [0.15, 0.2) is 11.6 Å². The Hall–Kier alpha value is -3.75. The van der Waals surface area contributed by atoms with Gasteiger partial charge in [0.1, 0.15) is 18.2 Å². The van der Waals surface area contributed by atoms with Gasteiger partial charge in [0.05, 0.1) is 13.3 Å². The molecule has 0 aliphatic rings. The van der Waals surface area contributed by atoms with Gasteiger partial charge in [-0.1, -0.05) is 30.3 Å². The number of halogens is 2. The first kappa shape index (κ1) is 20.0. The Morgan fingerprint density at radius 3 is 2.72 bits per heavy atom. The number of carbonyl (C=O) groups is 1. The van der Waals surface area contributed by atoms with Crippen molar-refractivity contribution in [2.75, 3.05) is 12.4 Å². The highest BCUT2D eigenvalue weighted by Crippen LogP contribution is 2.17. The molecule has 2 N–H and O–H groups in total. The summed E-state index contributed by atoms with van der Waals surface area (Å²) in [5.74, 6) is -0.972. The zero-order valence-corrected chi connectivity index (χ0v) is 15.5. The van der Waals surface area contributed by atoms with Crippen LogP contribution in [0.4, 0.5) is 19.4 Å². The summed E-state index contributed by atoms with van der Waals surface area (Å²) < 4.78 is 38.1. The number of rotatable bonds is 7. The summed E-state index contributed by atoms with van der Waals surface area (Å²) in [4.78, 5) is 19.6. The molecule has 0 saturated carbocycles. The third-order valence-corrected chi connectivity index (χ3v) is 3.85. The summed E-state index contributed by atoms with van der Waals surface area (Å²) in [5.41, 5.74) is 1.10. The van der Waals surface area contributed by atoms with Crippen LogP contribution in [0, 0.1) is 11.6 Å². The molecule has 3 aromatic rings. The van der Waals surface area contributed by atoms with Crippen molar-refractivity contribution in [3.63, 3.8) is 0 Å². The Morgan fingerprint density at radius 1 is 1.10 bits per heavy atom. The molecule has 0 atom stereocenters. The van der Waals surface area contributed by atoms with Gasteiger partial charge >= 0.3 is 12.0 Å². The predicted molar refractivity (Wildman–Crippen MR) is 102 cm³/mol. The Morgan fingerprint density at radius 2 is 1.93 bits per heavy atom. The topological polar surface area (TPSA) is 85.4 Å². The first-order chi connectivity index (χ1) is 14.0. The molecular weight excluding hydrogens is 382 g/mol. The Labute approximate surface area is 165 Å². The van der Waals surface area contributed by atoms with E-state index in [1.807, 2.05) is 6.07 Å². The van der Waals surface area contributed by atoms with Gasteiger partial charge in [-0.2, -0.15) is 4.98 Å². The summed E-state index contributed by atoms with van der Waals surface area (Å²) in [6.45, 7) is 0.0617. The van der Waals surface area contributed by atoms with Crippen LogP contribution >= 0.6 is 0 Å². The van der Waals surface area contributed by atoms with Gasteiger partial charge in [-0.25, -0.2) is 18.6 Å². The molecular formula is C20H18F2N4O3. The number of nitrogens with zero attached hydrogens (tertiary/aromatic N) is 2. The van der Waals surface area contributed by atoms with E-state index in [4.69, 9.17) is 9.47 Å². The fraction of sp³-hybridized carbons (Fsp3) is 0.150. The number of aromatic nitrogens is 2. The lowest BCUT2D eigenvalue weighted by atomic mass is 10.2. The zero-order valence-electron chi connectivity index (χ0n) is 15.5. The number of carbonyl (C=O) groups excluding carboxylic acids is 1. The van der Waals surface area contributed by atoms with Crippen molar-refractivity contribution in [2.24, 2.45) is 0 Å². The van der Waals surface area contributed by atoms with Gasteiger partial charge in [0.2, 0.25) is 0 Å². The van der Waals surface area contributed by atoms with Gasteiger partial charge in [0.25, 0.3) is 0 Å². The van der Waals surface area contributed by atoms with Crippen LogP contribution in [0.1, 0.15) is 11.1 Å². The minimum absolute atomic E-state index is 0.0651. The Kier molecular flexibility index (Phi) is 6.51. The summed E-state index contributed by atoms with van der Waals surface area (Å²) >= 11 is 0. The van der Waals surface area contributed by atoms with E-state index in [2.05, 4.69) is 20.6 Å². The molecule has 0 radical (unpaired) electrons. The van der Waals surface area contributed by atoms with Gasteiger partial charge < -0.3 is 14.8 Å². The third kappa shape index (κ3) is 5.61. The first-order valence-corrected chi connectivity index (χ1v) is 8.61. The zero-order chi connectivity index (χ0) is 20.6. The van der Waals surface area contributed by atoms with Crippen molar-refractivity contribution in [3.8, 4) is 11.8 Å². The highest BCUT2D eigenvalue weighted by molar-refractivity contribution is 5.88.